The van der Waals surface area contributed by atoms with Gasteiger partial charge in [-0.2, -0.15) is 0 Å². The molecule has 2 rings (SSSR count). The Morgan fingerprint density at radius 1 is 1.57 bits per heavy atom. The maximum absolute atomic E-state index is 11.0. The van der Waals surface area contributed by atoms with Crippen molar-refractivity contribution in [2.24, 2.45) is 5.92 Å². The molecule has 0 aliphatic heterocycles. The van der Waals surface area contributed by atoms with Gasteiger partial charge in [0.2, 0.25) is 5.88 Å². The van der Waals surface area contributed by atoms with Gasteiger partial charge in [-0.1, -0.05) is 0 Å². The number of pyridine rings is 1. The van der Waals surface area contributed by atoms with E-state index in [9.17, 15) is 4.79 Å². The first-order valence-electron chi connectivity index (χ1n) is 4.85. The van der Waals surface area contributed by atoms with E-state index in [4.69, 9.17) is 4.74 Å². The summed E-state index contributed by atoms with van der Waals surface area (Å²) in [6, 6.07) is 3.50. The molecular weight excluding hydrogens is 178 g/mol. The average Bonchev–Trinajstić information content (AvgIpc) is 2.99. The Hall–Kier alpha value is -1.38. The second-order valence-corrected chi connectivity index (χ2v) is 3.70. The third-order valence-electron chi connectivity index (χ3n) is 2.31. The quantitative estimate of drug-likeness (QED) is 0.684. The summed E-state index contributed by atoms with van der Waals surface area (Å²) in [6.45, 7) is 2.29. The normalized spacial score (nSPS) is 15.2. The second-order valence-electron chi connectivity index (χ2n) is 3.70. The van der Waals surface area contributed by atoms with Crippen LogP contribution >= 0.6 is 0 Å². The maximum atomic E-state index is 11.0. The van der Waals surface area contributed by atoms with Crippen molar-refractivity contribution in [3.8, 4) is 5.88 Å². The Morgan fingerprint density at radius 2 is 2.36 bits per heavy atom. The first-order chi connectivity index (χ1) is 6.75. The molecule has 1 saturated carbocycles. The van der Waals surface area contributed by atoms with E-state index in [0.29, 0.717) is 11.4 Å². The van der Waals surface area contributed by atoms with Crippen LogP contribution in [0.25, 0.3) is 0 Å². The van der Waals surface area contributed by atoms with Crippen LogP contribution in [0.1, 0.15) is 30.1 Å². The minimum absolute atomic E-state index is 0.0336. The smallest absolute Gasteiger partial charge is 0.213 e. The molecule has 0 bridgehead atoms. The number of Topliss-reactive ketones (excluding diaryl/α,β-unsaturated/α-hetero) is 1. The standard InChI is InChI=1S/C11H13NO2/c1-8(13)10-4-5-11(12-6-10)14-7-9-2-3-9/h4-6,9H,2-3,7H2,1H3. The Bertz CT molecular complexity index is 328. The molecule has 1 aromatic rings. The fraction of sp³-hybridized carbons (Fsp3) is 0.455. The fourth-order valence-electron chi connectivity index (χ4n) is 1.16. The van der Waals surface area contributed by atoms with E-state index in [1.54, 1.807) is 18.3 Å². The lowest BCUT2D eigenvalue weighted by Gasteiger charge is -2.03. The SMILES string of the molecule is CC(=O)c1ccc(OCC2CC2)nc1. The highest BCUT2D eigenvalue weighted by molar-refractivity contribution is 5.93. The Balaban J connectivity index is 1.94. The number of rotatable bonds is 4. The van der Waals surface area contributed by atoms with E-state index in [-0.39, 0.29) is 5.78 Å². The van der Waals surface area contributed by atoms with Gasteiger partial charge in [0.05, 0.1) is 6.61 Å². The molecule has 74 valence electrons. The molecule has 1 heterocycles. The van der Waals surface area contributed by atoms with Gasteiger partial charge in [-0.15, -0.1) is 0 Å². The van der Waals surface area contributed by atoms with E-state index < -0.39 is 0 Å². The predicted octanol–water partition coefficient (Wildman–Crippen LogP) is 2.07. The molecule has 0 atom stereocenters. The predicted molar refractivity (Wildman–Crippen MR) is 52.5 cm³/mol. The molecule has 1 aliphatic carbocycles. The summed E-state index contributed by atoms with van der Waals surface area (Å²) >= 11 is 0. The number of nitrogens with zero attached hydrogens (tertiary/aromatic N) is 1. The van der Waals surface area contributed by atoms with Gasteiger partial charge in [-0.3, -0.25) is 4.79 Å². The van der Waals surface area contributed by atoms with Crippen LogP contribution in [0.15, 0.2) is 18.3 Å². The van der Waals surface area contributed by atoms with Crippen molar-refractivity contribution >= 4 is 5.78 Å². The number of aromatic nitrogens is 1. The fourth-order valence-corrected chi connectivity index (χ4v) is 1.16. The van der Waals surface area contributed by atoms with Crippen LogP contribution in [0.3, 0.4) is 0 Å². The van der Waals surface area contributed by atoms with Crippen molar-refractivity contribution in [1.82, 2.24) is 4.98 Å². The third-order valence-corrected chi connectivity index (χ3v) is 2.31. The highest BCUT2D eigenvalue weighted by Gasteiger charge is 2.21. The van der Waals surface area contributed by atoms with Crippen LogP contribution in [0.4, 0.5) is 0 Å². The maximum Gasteiger partial charge on any atom is 0.213 e. The van der Waals surface area contributed by atoms with Crippen molar-refractivity contribution in [2.75, 3.05) is 6.61 Å². The van der Waals surface area contributed by atoms with Crippen molar-refractivity contribution in [3.63, 3.8) is 0 Å². The summed E-state index contributed by atoms with van der Waals surface area (Å²) in [6.07, 6.45) is 4.10. The van der Waals surface area contributed by atoms with Gasteiger partial charge in [0.25, 0.3) is 0 Å². The van der Waals surface area contributed by atoms with E-state index in [0.717, 1.165) is 12.5 Å². The van der Waals surface area contributed by atoms with Gasteiger partial charge in [0.15, 0.2) is 5.78 Å². The first kappa shape index (κ1) is 9.19. The molecule has 0 unspecified atom stereocenters. The number of ketones is 1. The zero-order valence-electron chi connectivity index (χ0n) is 8.19. The molecule has 3 nitrogen and oxygen atoms in total. The zero-order chi connectivity index (χ0) is 9.97. The van der Waals surface area contributed by atoms with Crippen LogP contribution in [0.2, 0.25) is 0 Å². The van der Waals surface area contributed by atoms with Crippen molar-refractivity contribution in [3.05, 3.63) is 23.9 Å². The molecule has 1 aliphatic rings. The molecule has 0 saturated heterocycles. The van der Waals surface area contributed by atoms with Gasteiger partial charge in [0, 0.05) is 17.8 Å². The lowest BCUT2D eigenvalue weighted by molar-refractivity contribution is 0.101. The molecule has 0 radical (unpaired) electrons. The van der Waals surface area contributed by atoms with Crippen LogP contribution in [-0.2, 0) is 0 Å². The van der Waals surface area contributed by atoms with Crippen LogP contribution in [0, 0.1) is 5.92 Å². The molecule has 0 aromatic carbocycles. The molecule has 0 N–H and O–H groups in total. The molecular formula is C11H13NO2. The molecule has 1 fully saturated rings. The molecule has 0 spiro atoms. The van der Waals surface area contributed by atoms with Gasteiger partial charge in [-0.25, -0.2) is 4.98 Å². The van der Waals surface area contributed by atoms with Crippen LogP contribution < -0.4 is 4.74 Å². The minimum Gasteiger partial charge on any atom is -0.477 e. The van der Waals surface area contributed by atoms with Crippen LogP contribution in [0.5, 0.6) is 5.88 Å². The average molecular weight is 191 g/mol. The molecule has 1 aromatic heterocycles. The Morgan fingerprint density at radius 3 is 2.86 bits per heavy atom. The van der Waals surface area contributed by atoms with Crippen LogP contribution in [-0.4, -0.2) is 17.4 Å². The Labute approximate surface area is 83.1 Å². The first-order valence-corrected chi connectivity index (χ1v) is 4.85. The largest absolute Gasteiger partial charge is 0.477 e. The zero-order valence-corrected chi connectivity index (χ0v) is 8.19. The number of ether oxygens (including phenoxy) is 1. The lowest BCUT2D eigenvalue weighted by Crippen LogP contribution is -2.01. The van der Waals surface area contributed by atoms with Gasteiger partial charge in [-0.05, 0) is 31.7 Å². The Kier molecular flexibility index (Phi) is 2.48. The summed E-state index contributed by atoms with van der Waals surface area (Å²) in [4.78, 5) is 15.0. The van der Waals surface area contributed by atoms with Gasteiger partial charge < -0.3 is 4.74 Å². The van der Waals surface area contributed by atoms with E-state index in [1.807, 2.05) is 0 Å². The molecule has 3 heteroatoms. The molecule has 14 heavy (non-hydrogen) atoms. The number of carbonyl (C=O) groups is 1. The van der Waals surface area contributed by atoms with Crippen molar-refractivity contribution in [1.29, 1.82) is 0 Å². The third kappa shape index (κ3) is 2.31. The summed E-state index contributed by atoms with van der Waals surface area (Å²) in [5.74, 6) is 1.37. The van der Waals surface area contributed by atoms with E-state index in [2.05, 4.69) is 4.98 Å². The lowest BCUT2D eigenvalue weighted by atomic mass is 10.2. The summed E-state index contributed by atoms with van der Waals surface area (Å²) < 4.78 is 5.44. The van der Waals surface area contributed by atoms with Crippen molar-refractivity contribution in [2.45, 2.75) is 19.8 Å². The van der Waals surface area contributed by atoms with Gasteiger partial charge in [0.1, 0.15) is 0 Å². The highest BCUT2D eigenvalue weighted by Crippen LogP contribution is 2.29. The number of carbonyl (C=O) groups excluding carboxylic acids is 1. The van der Waals surface area contributed by atoms with E-state index >= 15 is 0 Å². The highest BCUT2D eigenvalue weighted by atomic mass is 16.5. The second kappa shape index (κ2) is 3.78. The topological polar surface area (TPSA) is 39.2 Å². The monoisotopic (exact) mass is 191 g/mol. The van der Waals surface area contributed by atoms with E-state index in [1.165, 1.54) is 19.8 Å². The summed E-state index contributed by atoms with van der Waals surface area (Å²) in [5, 5.41) is 0. The van der Waals surface area contributed by atoms with Crippen molar-refractivity contribution < 1.29 is 9.53 Å². The molecule has 0 amide bonds. The summed E-state index contributed by atoms with van der Waals surface area (Å²) in [7, 11) is 0. The summed E-state index contributed by atoms with van der Waals surface area (Å²) in [5.41, 5.74) is 0.628. The minimum atomic E-state index is 0.0336. The number of hydrogen-bond acceptors (Lipinski definition) is 3. The van der Waals surface area contributed by atoms with Gasteiger partial charge >= 0.3 is 0 Å². The number of hydrogen-bond donors (Lipinski definition) is 0.